The van der Waals surface area contributed by atoms with E-state index in [0.29, 0.717) is 11.7 Å². The number of benzene rings is 1. The van der Waals surface area contributed by atoms with Crippen LogP contribution in [0.2, 0.25) is 0 Å². The van der Waals surface area contributed by atoms with E-state index in [1.165, 1.54) is 12.1 Å². The largest absolute Gasteiger partial charge is 0.376 e. The molecule has 0 fully saturated rings. The van der Waals surface area contributed by atoms with Crippen molar-refractivity contribution < 1.29 is 9.18 Å². The summed E-state index contributed by atoms with van der Waals surface area (Å²) < 4.78 is 12.8. The van der Waals surface area contributed by atoms with Gasteiger partial charge in [-0.15, -0.1) is 0 Å². The van der Waals surface area contributed by atoms with Crippen LogP contribution in [0.4, 0.5) is 10.1 Å². The van der Waals surface area contributed by atoms with Crippen molar-refractivity contribution in [3.05, 3.63) is 41.9 Å². The van der Waals surface area contributed by atoms with Crippen LogP contribution in [0.5, 0.6) is 0 Å². The van der Waals surface area contributed by atoms with Crippen molar-refractivity contribution in [1.29, 1.82) is 0 Å². The van der Waals surface area contributed by atoms with Gasteiger partial charge in [0, 0.05) is 36.9 Å². The van der Waals surface area contributed by atoms with Gasteiger partial charge in [0.05, 0.1) is 6.54 Å². The Balaban J connectivity index is 1.69. The zero-order valence-corrected chi connectivity index (χ0v) is 13.0. The first-order valence-corrected chi connectivity index (χ1v) is 7.52. The van der Waals surface area contributed by atoms with E-state index in [2.05, 4.69) is 41.0 Å². The molecular formula is C16H23FN4O. The van der Waals surface area contributed by atoms with Gasteiger partial charge < -0.3 is 10.7 Å². The standard InChI is InChI=1S/C16H23FN4O/c1-12(2)21-9-7-15(8-10-21)19-20-16(22)11-18-14-5-3-13(17)4-6-14/h3-7,12,18-19H,8-11H2,1-2H3,(H,20,22). The van der Waals surface area contributed by atoms with Crippen molar-refractivity contribution in [2.75, 3.05) is 25.0 Å². The highest BCUT2D eigenvalue weighted by molar-refractivity contribution is 5.80. The lowest BCUT2D eigenvalue weighted by molar-refractivity contribution is -0.120. The third-order valence-corrected chi connectivity index (χ3v) is 3.63. The summed E-state index contributed by atoms with van der Waals surface area (Å²) in [4.78, 5) is 14.1. The van der Waals surface area contributed by atoms with Gasteiger partial charge in [-0.1, -0.05) is 0 Å². The number of anilines is 1. The molecule has 0 bridgehead atoms. The number of amides is 1. The molecular weight excluding hydrogens is 283 g/mol. The van der Waals surface area contributed by atoms with Gasteiger partial charge in [0.2, 0.25) is 0 Å². The lowest BCUT2D eigenvalue weighted by Gasteiger charge is -2.29. The fourth-order valence-electron chi connectivity index (χ4n) is 2.21. The third kappa shape index (κ3) is 5.04. The zero-order chi connectivity index (χ0) is 15.9. The molecule has 1 aliphatic heterocycles. The zero-order valence-electron chi connectivity index (χ0n) is 13.0. The lowest BCUT2D eigenvalue weighted by atomic mass is 10.2. The van der Waals surface area contributed by atoms with Gasteiger partial charge in [-0.05, 0) is 44.2 Å². The summed E-state index contributed by atoms with van der Waals surface area (Å²) in [5.74, 6) is -0.465. The minimum absolute atomic E-state index is 0.129. The van der Waals surface area contributed by atoms with Gasteiger partial charge in [0.25, 0.3) is 5.91 Å². The average molecular weight is 306 g/mol. The SMILES string of the molecule is CC(C)N1CC=C(NNC(=O)CNc2ccc(F)cc2)CC1. The van der Waals surface area contributed by atoms with Crippen LogP contribution >= 0.6 is 0 Å². The Morgan fingerprint density at radius 3 is 2.64 bits per heavy atom. The van der Waals surface area contributed by atoms with E-state index >= 15 is 0 Å². The average Bonchev–Trinajstić information content (AvgIpc) is 2.52. The molecule has 6 heteroatoms. The predicted octanol–water partition coefficient (Wildman–Crippen LogP) is 1.86. The minimum atomic E-state index is -0.295. The maximum atomic E-state index is 12.8. The summed E-state index contributed by atoms with van der Waals surface area (Å²) in [6.45, 7) is 6.36. The molecule has 22 heavy (non-hydrogen) atoms. The Morgan fingerprint density at radius 2 is 2.05 bits per heavy atom. The number of nitrogens with one attached hydrogen (secondary N) is 3. The van der Waals surface area contributed by atoms with Gasteiger partial charge in [0.15, 0.2) is 0 Å². The molecule has 0 radical (unpaired) electrons. The van der Waals surface area contributed by atoms with Crippen molar-refractivity contribution in [1.82, 2.24) is 15.8 Å². The molecule has 120 valence electrons. The van der Waals surface area contributed by atoms with Crippen molar-refractivity contribution in [3.63, 3.8) is 0 Å². The summed E-state index contributed by atoms with van der Waals surface area (Å²) in [6, 6.07) is 6.44. The van der Waals surface area contributed by atoms with Gasteiger partial charge >= 0.3 is 0 Å². The van der Waals surface area contributed by atoms with Crippen LogP contribution in [-0.4, -0.2) is 36.5 Å². The Bertz CT molecular complexity index is 527. The smallest absolute Gasteiger partial charge is 0.257 e. The van der Waals surface area contributed by atoms with Gasteiger partial charge in [-0.25, -0.2) is 4.39 Å². The highest BCUT2D eigenvalue weighted by atomic mass is 19.1. The molecule has 0 aromatic heterocycles. The number of halogens is 1. The van der Waals surface area contributed by atoms with Crippen molar-refractivity contribution in [2.24, 2.45) is 0 Å². The second kappa shape index (κ2) is 7.79. The van der Waals surface area contributed by atoms with Crippen LogP contribution in [0.15, 0.2) is 36.0 Å². The summed E-state index contributed by atoms with van der Waals surface area (Å²) >= 11 is 0. The number of rotatable bonds is 6. The van der Waals surface area contributed by atoms with Crippen molar-refractivity contribution >= 4 is 11.6 Å². The van der Waals surface area contributed by atoms with E-state index in [1.54, 1.807) is 12.1 Å². The fourth-order valence-corrected chi connectivity index (χ4v) is 2.21. The highest BCUT2D eigenvalue weighted by Gasteiger charge is 2.14. The molecule has 1 aromatic rings. The van der Waals surface area contributed by atoms with Crippen LogP contribution in [-0.2, 0) is 4.79 Å². The normalized spacial score (nSPS) is 15.4. The number of nitrogens with zero attached hydrogens (tertiary/aromatic N) is 1. The van der Waals surface area contributed by atoms with Crippen LogP contribution in [0.1, 0.15) is 20.3 Å². The molecule has 0 spiro atoms. The quantitative estimate of drug-likeness (QED) is 0.702. The van der Waals surface area contributed by atoms with E-state index in [0.717, 1.165) is 25.2 Å². The van der Waals surface area contributed by atoms with E-state index in [9.17, 15) is 9.18 Å². The molecule has 0 saturated carbocycles. The molecule has 0 atom stereocenters. The Morgan fingerprint density at radius 1 is 1.32 bits per heavy atom. The van der Waals surface area contributed by atoms with E-state index in [-0.39, 0.29) is 18.3 Å². The van der Waals surface area contributed by atoms with Crippen LogP contribution in [0.25, 0.3) is 0 Å². The molecule has 3 N–H and O–H groups in total. The monoisotopic (exact) mass is 306 g/mol. The van der Waals surface area contributed by atoms with Crippen LogP contribution in [0.3, 0.4) is 0 Å². The number of hydrazine groups is 1. The van der Waals surface area contributed by atoms with E-state index in [1.807, 2.05) is 0 Å². The Kier molecular flexibility index (Phi) is 5.77. The summed E-state index contributed by atoms with van der Waals surface area (Å²) in [7, 11) is 0. The van der Waals surface area contributed by atoms with E-state index < -0.39 is 0 Å². The van der Waals surface area contributed by atoms with E-state index in [4.69, 9.17) is 0 Å². The van der Waals surface area contributed by atoms with Gasteiger partial charge in [-0.2, -0.15) is 0 Å². The molecule has 2 rings (SSSR count). The van der Waals surface area contributed by atoms with Gasteiger partial charge in [-0.3, -0.25) is 15.1 Å². The topological polar surface area (TPSA) is 56.4 Å². The van der Waals surface area contributed by atoms with Crippen molar-refractivity contribution in [2.45, 2.75) is 26.3 Å². The summed E-state index contributed by atoms with van der Waals surface area (Å²) in [6.07, 6.45) is 2.99. The number of hydrogen-bond acceptors (Lipinski definition) is 4. The first-order chi connectivity index (χ1) is 10.5. The van der Waals surface area contributed by atoms with Gasteiger partial charge in [0.1, 0.15) is 5.82 Å². The molecule has 0 unspecified atom stereocenters. The fraction of sp³-hybridized carbons (Fsp3) is 0.438. The van der Waals surface area contributed by atoms with Crippen LogP contribution in [0, 0.1) is 5.82 Å². The first kappa shape index (κ1) is 16.3. The molecule has 5 nitrogen and oxygen atoms in total. The first-order valence-electron chi connectivity index (χ1n) is 7.52. The Hall–Kier alpha value is -2.08. The number of carbonyl (C=O) groups excluding carboxylic acids is 1. The molecule has 1 heterocycles. The maximum absolute atomic E-state index is 12.8. The number of hydrogen-bond donors (Lipinski definition) is 3. The third-order valence-electron chi connectivity index (χ3n) is 3.63. The summed E-state index contributed by atoms with van der Waals surface area (Å²) in [5, 5.41) is 2.93. The molecule has 0 aliphatic carbocycles. The Labute approximate surface area is 130 Å². The second-order valence-corrected chi connectivity index (χ2v) is 5.60. The minimum Gasteiger partial charge on any atom is -0.376 e. The maximum Gasteiger partial charge on any atom is 0.257 e. The number of carbonyl (C=O) groups is 1. The molecule has 1 amide bonds. The summed E-state index contributed by atoms with van der Waals surface area (Å²) in [5.41, 5.74) is 7.37. The van der Waals surface area contributed by atoms with Crippen molar-refractivity contribution in [3.8, 4) is 0 Å². The molecule has 1 aromatic carbocycles. The molecule has 1 aliphatic rings. The second-order valence-electron chi connectivity index (χ2n) is 5.60. The molecule has 0 saturated heterocycles. The highest BCUT2D eigenvalue weighted by Crippen LogP contribution is 2.10. The lowest BCUT2D eigenvalue weighted by Crippen LogP contribution is -2.43. The predicted molar refractivity (Wildman–Crippen MR) is 85.6 cm³/mol. The van der Waals surface area contributed by atoms with Crippen LogP contribution < -0.4 is 16.2 Å².